The van der Waals surface area contributed by atoms with Crippen molar-refractivity contribution in [2.24, 2.45) is 5.92 Å². The fraction of sp³-hybridized carbons (Fsp3) is 0.682. The second kappa shape index (κ2) is 9.76. The molecule has 2 heterocycles. The van der Waals surface area contributed by atoms with E-state index in [1.54, 1.807) is 12.1 Å². The minimum Gasteiger partial charge on any atom is -0.443 e. The summed E-state index contributed by atoms with van der Waals surface area (Å²) < 4.78 is 18.7. The van der Waals surface area contributed by atoms with Crippen molar-refractivity contribution in [2.75, 3.05) is 50.7 Å². The van der Waals surface area contributed by atoms with Gasteiger partial charge in [-0.05, 0) is 70.7 Å². The maximum atomic E-state index is 13.4. The van der Waals surface area contributed by atoms with Gasteiger partial charge in [0.2, 0.25) is 0 Å². The number of hydrogen-bond acceptors (Lipinski definition) is 5. The van der Waals surface area contributed by atoms with Gasteiger partial charge in [0, 0.05) is 45.0 Å². The molecule has 0 aromatic heterocycles. The van der Waals surface area contributed by atoms with Crippen molar-refractivity contribution >= 4 is 11.8 Å². The molecule has 0 bridgehead atoms. The molecule has 2 aliphatic rings. The van der Waals surface area contributed by atoms with Gasteiger partial charge < -0.3 is 9.64 Å². The van der Waals surface area contributed by atoms with Crippen molar-refractivity contribution in [1.82, 2.24) is 15.3 Å². The third-order valence-corrected chi connectivity index (χ3v) is 5.66. The molecule has 2 saturated heterocycles. The maximum absolute atomic E-state index is 13.4. The molecule has 3 rings (SSSR count). The molecule has 0 unspecified atom stereocenters. The molecule has 2 fully saturated rings. The first-order valence-electron chi connectivity index (χ1n) is 10.8. The average molecular weight is 407 g/mol. The highest BCUT2D eigenvalue weighted by atomic mass is 19.1. The Balaban J connectivity index is 1.32. The number of hydrogen-bond donors (Lipinski definition) is 1. The van der Waals surface area contributed by atoms with Crippen LogP contribution in [0, 0.1) is 11.7 Å². The molecule has 162 valence electrons. The molecule has 0 radical (unpaired) electrons. The number of anilines is 1. The van der Waals surface area contributed by atoms with Crippen LogP contribution < -0.4 is 10.3 Å². The predicted octanol–water partition coefficient (Wildman–Crippen LogP) is 3.49. The number of nitrogens with zero attached hydrogens (tertiary/aromatic N) is 3. The van der Waals surface area contributed by atoms with Crippen LogP contribution in [0.1, 0.15) is 40.0 Å². The Kier molecular flexibility index (Phi) is 7.35. The number of nitrogens with one attached hydrogen (secondary N) is 1. The minimum absolute atomic E-state index is 0.169. The molecule has 7 heteroatoms. The standard InChI is InChI=1S/C22H35FN4O2/c1-22(2,3)29-21(28)24-27-11-8-18(9-12-27)7-10-25-13-15-26(16-14-25)20-6-4-5-19(23)17-20/h4-6,17-18H,7-16H2,1-3H3,(H,24,28). The molecule has 0 spiro atoms. The lowest BCUT2D eigenvalue weighted by atomic mass is 9.94. The van der Waals surface area contributed by atoms with E-state index in [2.05, 4.69) is 15.2 Å². The molecule has 29 heavy (non-hydrogen) atoms. The summed E-state index contributed by atoms with van der Waals surface area (Å²) in [5.74, 6) is 0.533. The normalized spacial score (nSPS) is 19.9. The van der Waals surface area contributed by atoms with E-state index in [9.17, 15) is 9.18 Å². The van der Waals surface area contributed by atoms with Crippen LogP contribution in [0.2, 0.25) is 0 Å². The number of ether oxygens (including phenoxy) is 1. The Bertz CT molecular complexity index is 663. The first-order chi connectivity index (χ1) is 13.8. The Morgan fingerprint density at radius 2 is 1.83 bits per heavy atom. The SMILES string of the molecule is CC(C)(C)OC(=O)NN1CCC(CCN2CCN(c3cccc(F)c3)CC2)CC1. The van der Waals surface area contributed by atoms with Crippen molar-refractivity contribution < 1.29 is 13.9 Å². The Labute approximate surface area is 173 Å². The van der Waals surface area contributed by atoms with Gasteiger partial charge in [-0.3, -0.25) is 10.3 Å². The number of carbonyl (C=O) groups excluding carboxylic acids is 1. The van der Waals surface area contributed by atoms with Crippen molar-refractivity contribution in [3.8, 4) is 0 Å². The van der Waals surface area contributed by atoms with E-state index in [4.69, 9.17) is 4.74 Å². The van der Waals surface area contributed by atoms with E-state index >= 15 is 0 Å². The quantitative estimate of drug-likeness (QED) is 0.811. The molecule has 0 aliphatic carbocycles. The second-order valence-corrected chi connectivity index (χ2v) is 9.14. The van der Waals surface area contributed by atoms with Gasteiger partial charge in [0.05, 0.1) is 0 Å². The van der Waals surface area contributed by atoms with Gasteiger partial charge in [0.1, 0.15) is 11.4 Å². The Hall–Kier alpha value is -1.86. The number of halogens is 1. The summed E-state index contributed by atoms with van der Waals surface area (Å²) in [5.41, 5.74) is 3.37. The fourth-order valence-corrected chi connectivity index (χ4v) is 4.03. The topological polar surface area (TPSA) is 48.1 Å². The zero-order chi connectivity index (χ0) is 20.9. The zero-order valence-electron chi connectivity index (χ0n) is 18.0. The number of benzene rings is 1. The van der Waals surface area contributed by atoms with E-state index in [1.807, 2.05) is 31.8 Å². The number of piperazine rings is 1. The summed E-state index contributed by atoms with van der Waals surface area (Å²) in [6.07, 6.45) is 3.02. The molecule has 1 N–H and O–H groups in total. The van der Waals surface area contributed by atoms with Crippen LogP contribution in [0.5, 0.6) is 0 Å². The number of carbonyl (C=O) groups is 1. The molecule has 0 atom stereocenters. The Morgan fingerprint density at radius 1 is 1.14 bits per heavy atom. The van der Waals surface area contributed by atoms with E-state index < -0.39 is 5.60 Å². The third kappa shape index (κ3) is 7.16. The number of amides is 1. The highest BCUT2D eigenvalue weighted by Crippen LogP contribution is 2.22. The Morgan fingerprint density at radius 3 is 2.45 bits per heavy atom. The second-order valence-electron chi connectivity index (χ2n) is 9.14. The van der Waals surface area contributed by atoms with E-state index in [-0.39, 0.29) is 11.9 Å². The lowest BCUT2D eigenvalue weighted by Crippen LogP contribution is -2.49. The first-order valence-corrected chi connectivity index (χ1v) is 10.8. The summed E-state index contributed by atoms with van der Waals surface area (Å²) in [5, 5.41) is 1.97. The lowest BCUT2D eigenvalue weighted by molar-refractivity contribution is 0.0257. The molecule has 1 aromatic carbocycles. The highest BCUT2D eigenvalue weighted by molar-refractivity contribution is 5.67. The van der Waals surface area contributed by atoms with Gasteiger partial charge in [-0.25, -0.2) is 14.2 Å². The monoisotopic (exact) mass is 406 g/mol. The van der Waals surface area contributed by atoms with Gasteiger partial charge in [0.25, 0.3) is 0 Å². The highest BCUT2D eigenvalue weighted by Gasteiger charge is 2.24. The van der Waals surface area contributed by atoms with Crippen molar-refractivity contribution in [3.05, 3.63) is 30.1 Å². The number of piperidine rings is 1. The maximum Gasteiger partial charge on any atom is 0.422 e. The number of rotatable bonds is 5. The van der Waals surface area contributed by atoms with Crippen LogP contribution in [-0.2, 0) is 4.74 Å². The van der Waals surface area contributed by atoms with Crippen molar-refractivity contribution in [3.63, 3.8) is 0 Å². The van der Waals surface area contributed by atoms with Crippen LogP contribution in [0.4, 0.5) is 14.9 Å². The fourth-order valence-electron chi connectivity index (χ4n) is 4.03. The van der Waals surface area contributed by atoms with E-state index in [1.165, 1.54) is 12.5 Å². The lowest BCUT2D eigenvalue weighted by Gasteiger charge is -2.37. The van der Waals surface area contributed by atoms with Crippen LogP contribution in [0.15, 0.2) is 24.3 Å². The van der Waals surface area contributed by atoms with Gasteiger partial charge in [-0.15, -0.1) is 0 Å². The molecule has 1 amide bonds. The summed E-state index contributed by atoms with van der Waals surface area (Å²) in [7, 11) is 0. The molecular weight excluding hydrogens is 371 g/mol. The van der Waals surface area contributed by atoms with Crippen molar-refractivity contribution in [1.29, 1.82) is 0 Å². The zero-order valence-corrected chi connectivity index (χ0v) is 18.0. The average Bonchev–Trinajstić information content (AvgIpc) is 2.66. The van der Waals surface area contributed by atoms with Crippen molar-refractivity contribution in [2.45, 2.75) is 45.6 Å². The molecular formula is C22H35FN4O2. The number of hydrazine groups is 1. The molecule has 6 nitrogen and oxygen atoms in total. The summed E-state index contributed by atoms with van der Waals surface area (Å²) in [6, 6.07) is 6.88. The van der Waals surface area contributed by atoms with E-state index in [0.29, 0.717) is 5.92 Å². The van der Waals surface area contributed by atoms with Gasteiger partial charge in [0.15, 0.2) is 0 Å². The van der Waals surface area contributed by atoms with Crippen LogP contribution in [-0.4, -0.2) is 67.4 Å². The van der Waals surface area contributed by atoms with Gasteiger partial charge >= 0.3 is 6.09 Å². The first kappa shape index (κ1) is 21.8. The van der Waals surface area contributed by atoms with Gasteiger partial charge in [-0.2, -0.15) is 0 Å². The molecule has 1 aromatic rings. The van der Waals surface area contributed by atoms with E-state index in [0.717, 1.165) is 64.3 Å². The summed E-state index contributed by atoms with van der Waals surface area (Å²) >= 11 is 0. The van der Waals surface area contributed by atoms with Crippen LogP contribution >= 0.6 is 0 Å². The summed E-state index contributed by atoms with van der Waals surface area (Å²) in [6.45, 7) is 12.4. The molecule has 0 saturated carbocycles. The summed E-state index contributed by atoms with van der Waals surface area (Å²) in [4.78, 5) is 16.7. The largest absolute Gasteiger partial charge is 0.443 e. The minimum atomic E-state index is -0.471. The smallest absolute Gasteiger partial charge is 0.422 e. The van der Waals surface area contributed by atoms with Gasteiger partial charge in [-0.1, -0.05) is 6.07 Å². The molecule has 2 aliphatic heterocycles. The van der Waals surface area contributed by atoms with Crippen LogP contribution in [0.3, 0.4) is 0 Å². The third-order valence-electron chi connectivity index (χ3n) is 5.66. The predicted molar refractivity (Wildman–Crippen MR) is 113 cm³/mol. The van der Waals surface area contributed by atoms with Crippen LogP contribution in [0.25, 0.3) is 0 Å².